The lowest BCUT2D eigenvalue weighted by molar-refractivity contribution is 0.0701. The van der Waals surface area contributed by atoms with Gasteiger partial charge >= 0.3 is 5.97 Å². The average molecular weight is 299 g/mol. The van der Waals surface area contributed by atoms with E-state index in [1.807, 2.05) is 36.4 Å². The quantitative estimate of drug-likeness (QED) is 0.794. The lowest BCUT2D eigenvalue weighted by atomic mass is 10.0. The Morgan fingerprint density at radius 3 is 2.67 bits per heavy atom. The third kappa shape index (κ3) is 2.25. The summed E-state index contributed by atoms with van der Waals surface area (Å²) in [7, 11) is 1.60. The highest BCUT2D eigenvalue weighted by molar-refractivity contribution is 7.17. The number of carboxylic acids is 1. The third-order valence-electron chi connectivity index (χ3n) is 3.32. The van der Waals surface area contributed by atoms with Crippen LogP contribution in [0.5, 0.6) is 5.75 Å². The van der Waals surface area contributed by atoms with E-state index in [0.29, 0.717) is 16.5 Å². The van der Waals surface area contributed by atoms with Gasteiger partial charge in [0.15, 0.2) is 0 Å². The zero-order valence-electron chi connectivity index (χ0n) is 11.6. The highest BCUT2D eigenvalue weighted by Gasteiger charge is 2.19. The van der Waals surface area contributed by atoms with Crippen LogP contribution in [0.25, 0.3) is 21.3 Å². The summed E-state index contributed by atoms with van der Waals surface area (Å²) in [5.74, 6) is -0.255. The van der Waals surface area contributed by atoms with E-state index in [2.05, 4.69) is 4.98 Å². The number of aryl methyl sites for hydroxylation is 1. The van der Waals surface area contributed by atoms with Gasteiger partial charge in [0, 0.05) is 0 Å². The molecule has 0 unspecified atom stereocenters. The molecule has 0 spiro atoms. The maximum Gasteiger partial charge on any atom is 0.347 e. The molecule has 0 radical (unpaired) electrons. The second-order valence-electron chi connectivity index (χ2n) is 4.60. The number of hydrogen-bond acceptors (Lipinski definition) is 4. The highest BCUT2D eigenvalue weighted by Crippen LogP contribution is 2.39. The Labute approximate surface area is 125 Å². The van der Waals surface area contributed by atoms with Crippen molar-refractivity contribution in [2.75, 3.05) is 7.11 Å². The van der Waals surface area contributed by atoms with Crippen molar-refractivity contribution >= 4 is 28.1 Å². The number of hydrogen-bond donors (Lipinski definition) is 1. The molecule has 0 saturated carbocycles. The Kier molecular flexibility index (Phi) is 3.35. The largest absolute Gasteiger partial charge is 0.496 e. The minimum Gasteiger partial charge on any atom is -0.496 e. The van der Waals surface area contributed by atoms with Crippen molar-refractivity contribution in [2.45, 2.75) is 6.92 Å². The summed E-state index contributed by atoms with van der Waals surface area (Å²) >= 11 is 1.17. The first-order valence-electron chi connectivity index (χ1n) is 6.38. The molecule has 0 amide bonds. The molecule has 1 N–H and O–H groups in total. The molecule has 1 aromatic heterocycles. The molecule has 0 aliphatic heterocycles. The molecule has 4 nitrogen and oxygen atoms in total. The first-order valence-corrected chi connectivity index (χ1v) is 7.20. The predicted octanol–water partition coefficient (Wildman–Crippen LogP) is 3.98. The van der Waals surface area contributed by atoms with E-state index < -0.39 is 5.97 Å². The third-order valence-corrected chi connectivity index (χ3v) is 4.48. The monoisotopic (exact) mass is 299 g/mol. The number of carboxylic acid groups (broad SMARTS) is 1. The van der Waals surface area contributed by atoms with Crippen LogP contribution in [0.3, 0.4) is 0 Å². The number of thiazole rings is 1. The number of benzene rings is 2. The molecule has 0 aliphatic carbocycles. The molecule has 1 heterocycles. The highest BCUT2D eigenvalue weighted by atomic mass is 32.1. The van der Waals surface area contributed by atoms with Crippen LogP contribution in [0.15, 0.2) is 36.4 Å². The van der Waals surface area contributed by atoms with Crippen molar-refractivity contribution in [3.63, 3.8) is 0 Å². The number of aromatic carboxylic acids is 1. The Hall–Kier alpha value is -2.40. The molecule has 5 heteroatoms. The average Bonchev–Trinajstić information content (AvgIpc) is 2.87. The molecule has 0 aliphatic rings. The Morgan fingerprint density at radius 1 is 1.24 bits per heavy atom. The van der Waals surface area contributed by atoms with Gasteiger partial charge < -0.3 is 9.84 Å². The molecule has 3 aromatic rings. The molecule has 0 bridgehead atoms. The summed E-state index contributed by atoms with van der Waals surface area (Å²) in [6.45, 7) is 1.71. The van der Waals surface area contributed by atoms with E-state index in [-0.39, 0.29) is 4.88 Å². The maximum atomic E-state index is 11.2. The van der Waals surface area contributed by atoms with Crippen molar-refractivity contribution in [1.82, 2.24) is 4.98 Å². The van der Waals surface area contributed by atoms with Crippen LogP contribution in [0.1, 0.15) is 15.4 Å². The van der Waals surface area contributed by atoms with Gasteiger partial charge in [-0.3, -0.25) is 0 Å². The van der Waals surface area contributed by atoms with E-state index in [0.717, 1.165) is 16.3 Å². The van der Waals surface area contributed by atoms with Crippen molar-refractivity contribution in [1.29, 1.82) is 0 Å². The van der Waals surface area contributed by atoms with Crippen LogP contribution in [-0.4, -0.2) is 23.2 Å². The number of ether oxygens (including phenoxy) is 1. The zero-order chi connectivity index (χ0) is 15.0. The van der Waals surface area contributed by atoms with Gasteiger partial charge in [0.1, 0.15) is 15.6 Å². The Balaban J connectivity index is 2.32. The van der Waals surface area contributed by atoms with Crippen LogP contribution in [-0.2, 0) is 0 Å². The number of carbonyl (C=O) groups is 1. The fourth-order valence-corrected chi connectivity index (χ4v) is 3.31. The van der Waals surface area contributed by atoms with Crippen molar-refractivity contribution in [2.24, 2.45) is 0 Å². The summed E-state index contributed by atoms with van der Waals surface area (Å²) in [6.07, 6.45) is 0. The molecular formula is C16H13NO3S. The predicted molar refractivity (Wildman–Crippen MR) is 83.3 cm³/mol. The van der Waals surface area contributed by atoms with Gasteiger partial charge in [-0.25, -0.2) is 9.78 Å². The topological polar surface area (TPSA) is 59.4 Å². The van der Waals surface area contributed by atoms with Gasteiger partial charge in [-0.05, 0) is 23.8 Å². The summed E-state index contributed by atoms with van der Waals surface area (Å²) in [4.78, 5) is 15.9. The Morgan fingerprint density at radius 2 is 2.00 bits per heavy atom. The van der Waals surface area contributed by atoms with Gasteiger partial charge in [-0.2, -0.15) is 0 Å². The molecule has 0 fully saturated rings. The van der Waals surface area contributed by atoms with Crippen molar-refractivity contribution in [3.8, 4) is 16.3 Å². The summed E-state index contributed by atoms with van der Waals surface area (Å²) in [5.41, 5.74) is 1.37. The lowest BCUT2D eigenvalue weighted by Gasteiger charge is -2.09. The fraction of sp³-hybridized carbons (Fsp3) is 0.125. The normalized spacial score (nSPS) is 10.8. The van der Waals surface area contributed by atoms with Crippen LogP contribution in [0, 0.1) is 6.92 Å². The number of fused-ring (bicyclic) bond motifs is 1. The van der Waals surface area contributed by atoms with Gasteiger partial charge in [0.05, 0.1) is 18.4 Å². The molecule has 2 aromatic carbocycles. The van der Waals surface area contributed by atoms with E-state index in [4.69, 9.17) is 4.74 Å². The number of rotatable bonds is 3. The van der Waals surface area contributed by atoms with Crippen LogP contribution < -0.4 is 4.74 Å². The number of nitrogens with zero attached hydrogens (tertiary/aromatic N) is 1. The van der Waals surface area contributed by atoms with Gasteiger partial charge in [-0.15, -0.1) is 11.3 Å². The van der Waals surface area contributed by atoms with Crippen molar-refractivity contribution < 1.29 is 14.6 Å². The zero-order valence-corrected chi connectivity index (χ0v) is 12.4. The molecule has 106 valence electrons. The lowest BCUT2D eigenvalue weighted by Crippen LogP contribution is -1.94. The van der Waals surface area contributed by atoms with Gasteiger partial charge in [-0.1, -0.05) is 30.3 Å². The van der Waals surface area contributed by atoms with Crippen LogP contribution in [0.2, 0.25) is 0 Å². The van der Waals surface area contributed by atoms with E-state index in [1.165, 1.54) is 11.3 Å². The number of methoxy groups -OCH3 is 1. The van der Waals surface area contributed by atoms with Crippen molar-refractivity contribution in [3.05, 3.63) is 47.0 Å². The molecular weight excluding hydrogens is 286 g/mol. The maximum absolute atomic E-state index is 11.2. The number of aromatic nitrogens is 1. The first-order chi connectivity index (χ1) is 10.1. The molecule has 3 rings (SSSR count). The minimum absolute atomic E-state index is 0.264. The summed E-state index contributed by atoms with van der Waals surface area (Å²) in [6, 6.07) is 11.8. The van der Waals surface area contributed by atoms with Gasteiger partial charge in [0.2, 0.25) is 0 Å². The first kappa shape index (κ1) is 13.6. The van der Waals surface area contributed by atoms with E-state index in [1.54, 1.807) is 14.0 Å². The second kappa shape index (κ2) is 5.18. The molecule has 0 atom stereocenters. The van der Waals surface area contributed by atoms with E-state index in [9.17, 15) is 9.90 Å². The van der Waals surface area contributed by atoms with E-state index >= 15 is 0 Å². The molecule has 0 saturated heterocycles. The summed E-state index contributed by atoms with van der Waals surface area (Å²) < 4.78 is 5.44. The van der Waals surface area contributed by atoms with Crippen LogP contribution in [0.4, 0.5) is 0 Å². The standard InChI is InChI=1S/C16H13NO3S/c1-9-14(16(18)19)21-15(17-9)13-11-6-4-3-5-10(11)7-8-12(13)20-2/h3-8H,1-2H3,(H,18,19). The summed E-state index contributed by atoms with van der Waals surface area (Å²) in [5, 5.41) is 11.9. The Bertz CT molecular complexity index is 839. The van der Waals surface area contributed by atoms with Gasteiger partial charge in [0.25, 0.3) is 0 Å². The fourth-order valence-electron chi connectivity index (χ4n) is 2.34. The second-order valence-corrected chi connectivity index (χ2v) is 5.60. The smallest absolute Gasteiger partial charge is 0.347 e. The molecule has 21 heavy (non-hydrogen) atoms. The minimum atomic E-state index is -0.949. The van der Waals surface area contributed by atoms with Crippen LogP contribution >= 0.6 is 11.3 Å². The SMILES string of the molecule is COc1ccc2ccccc2c1-c1nc(C)c(C(=O)O)s1.